The molecule has 0 unspecified atom stereocenters. The second-order valence-electron chi connectivity index (χ2n) is 3.64. The van der Waals surface area contributed by atoms with Crippen molar-refractivity contribution in [3.05, 3.63) is 23.3 Å². The number of aromatic amines is 1. The standard InChI is InChI=1S/C10H13N3O2/c1-6-7(2)13-8(3-4-9(14)15)5-11-10(13)12-6/h5H,3-4H2,1-2H3,(H,11,12)(H,14,15). The van der Waals surface area contributed by atoms with E-state index in [1.165, 1.54) is 0 Å². The summed E-state index contributed by atoms with van der Waals surface area (Å²) >= 11 is 0. The summed E-state index contributed by atoms with van der Waals surface area (Å²) in [5, 5.41) is 8.62. The molecular formula is C10H13N3O2. The van der Waals surface area contributed by atoms with Gasteiger partial charge in [0.05, 0.1) is 12.6 Å². The van der Waals surface area contributed by atoms with Crippen molar-refractivity contribution in [2.75, 3.05) is 0 Å². The number of nitrogens with zero attached hydrogens (tertiary/aromatic N) is 2. The number of H-pyrrole nitrogens is 1. The molecule has 5 nitrogen and oxygen atoms in total. The maximum atomic E-state index is 10.5. The summed E-state index contributed by atoms with van der Waals surface area (Å²) in [5.41, 5.74) is 3.09. The van der Waals surface area contributed by atoms with Crippen LogP contribution in [0.2, 0.25) is 0 Å². The van der Waals surface area contributed by atoms with Gasteiger partial charge in [0, 0.05) is 23.5 Å². The van der Waals surface area contributed by atoms with E-state index in [4.69, 9.17) is 5.11 Å². The van der Waals surface area contributed by atoms with E-state index < -0.39 is 5.97 Å². The Kier molecular flexibility index (Phi) is 2.22. The van der Waals surface area contributed by atoms with Gasteiger partial charge in [0.2, 0.25) is 5.78 Å². The molecule has 2 aromatic rings. The number of fused-ring (bicyclic) bond motifs is 1. The monoisotopic (exact) mass is 207 g/mol. The van der Waals surface area contributed by atoms with E-state index in [1.807, 2.05) is 18.2 Å². The van der Waals surface area contributed by atoms with Gasteiger partial charge in [0.1, 0.15) is 0 Å². The van der Waals surface area contributed by atoms with Crippen LogP contribution in [0.15, 0.2) is 6.20 Å². The highest BCUT2D eigenvalue weighted by molar-refractivity contribution is 5.67. The van der Waals surface area contributed by atoms with Crippen molar-refractivity contribution in [3.63, 3.8) is 0 Å². The second-order valence-corrected chi connectivity index (χ2v) is 3.64. The molecule has 2 heterocycles. The molecule has 2 N–H and O–H groups in total. The Balaban J connectivity index is 2.38. The van der Waals surface area contributed by atoms with Crippen molar-refractivity contribution in [2.45, 2.75) is 26.7 Å². The normalized spacial score (nSPS) is 11.1. The molecule has 0 aliphatic carbocycles. The van der Waals surface area contributed by atoms with Gasteiger partial charge in [-0.3, -0.25) is 9.20 Å². The molecule has 0 bridgehead atoms. The summed E-state index contributed by atoms with van der Waals surface area (Å²) in [4.78, 5) is 17.8. The van der Waals surface area contributed by atoms with Gasteiger partial charge < -0.3 is 10.1 Å². The van der Waals surface area contributed by atoms with Gasteiger partial charge in [-0.05, 0) is 13.8 Å². The number of aliphatic carboxylic acids is 1. The van der Waals surface area contributed by atoms with Crippen molar-refractivity contribution >= 4 is 11.7 Å². The first-order valence-electron chi connectivity index (χ1n) is 4.83. The number of hydrogen-bond donors (Lipinski definition) is 2. The molecule has 2 aromatic heterocycles. The van der Waals surface area contributed by atoms with E-state index in [1.54, 1.807) is 6.20 Å². The van der Waals surface area contributed by atoms with Gasteiger partial charge in [-0.15, -0.1) is 0 Å². The van der Waals surface area contributed by atoms with Gasteiger partial charge in [0.15, 0.2) is 0 Å². The van der Waals surface area contributed by atoms with Crippen LogP contribution in [0.1, 0.15) is 23.5 Å². The minimum absolute atomic E-state index is 0.136. The Bertz CT molecular complexity index is 510. The van der Waals surface area contributed by atoms with Gasteiger partial charge in [0.25, 0.3) is 0 Å². The highest BCUT2D eigenvalue weighted by Gasteiger charge is 2.10. The fourth-order valence-corrected chi connectivity index (χ4v) is 1.69. The molecule has 0 radical (unpaired) electrons. The number of imidazole rings is 2. The number of aromatic nitrogens is 3. The number of carboxylic acids is 1. The fraction of sp³-hybridized carbons (Fsp3) is 0.400. The first kappa shape index (κ1) is 9.76. The van der Waals surface area contributed by atoms with Crippen LogP contribution in [-0.4, -0.2) is 25.4 Å². The number of nitrogens with one attached hydrogen (secondary N) is 1. The van der Waals surface area contributed by atoms with Crippen LogP contribution in [0.5, 0.6) is 0 Å². The van der Waals surface area contributed by atoms with Crippen LogP contribution >= 0.6 is 0 Å². The molecule has 5 heteroatoms. The summed E-state index contributed by atoms with van der Waals surface area (Å²) in [6, 6.07) is 0. The smallest absolute Gasteiger partial charge is 0.303 e. The number of carbonyl (C=O) groups is 1. The second kappa shape index (κ2) is 3.42. The minimum atomic E-state index is -0.783. The Morgan fingerprint density at radius 1 is 1.60 bits per heavy atom. The summed E-state index contributed by atoms with van der Waals surface area (Å²) in [6.07, 6.45) is 2.37. The Hall–Kier alpha value is -1.78. The third-order valence-corrected chi connectivity index (χ3v) is 2.61. The van der Waals surface area contributed by atoms with E-state index in [0.29, 0.717) is 6.42 Å². The van der Waals surface area contributed by atoms with E-state index >= 15 is 0 Å². The largest absolute Gasteiger partial charge is 0.481 e. The predicted molar refractivity (Wildman–Crippen MR) is 55.0 cm³/mol. The minimum Gasteiger partial charge on any atom is -0.481 e. The molecular weight excluding hydrogens is 194 g/mol. The fourth-order valence-electron chi connectivity index (χ4n) is 1.69. The molecule has 0 spiro atoms. The van der Waals surface area contributed by atoms with Crippen LogP contribution in [0.3, 0.4) is 0 Å². The van der Waals surface area contributed by atoms with Crippen LogP contribution in [0, 0.1) is 13.8 Å². The molecule has 0 aromatic carbocycles. The summed E-state index contributed by atoms with van der Waals surface area (Å²) < 4.78 is 1.97. The zero-order valence-corrected chi connectivity index (χ0v) is 8.74. The number of carboxylic acid groups (broad SMARTS) is 1. The van der Waals surface area contributed by atoms with E-state index in [-0.39, 0.29) is 6.42 Å². The lowest BCUT2D eigenvalue weighted by Gasteiger charge is -1.98. The average Bonchev–Trinajstić information content (AvgIpc) is 2.67. The van der Waals surface area contributed by atoms with Gasteiger partial charge in [-0.2, -0.15) is 0 Å². The molecule has 0 saturated heterocycles. The van der Waals surface area contributed by atoms with Crippen LogP contribution in [-0.2, 0) is 11.2 Å². The average molecular weight is 207 g/mol. The summed E-state index contributed by atoms with van der Waals surface area (Å²) in [6.45, 7) is 3.97. The van der Waals surface area contributed by atoms with Crippen molar-refractivity contribution < 1.29 is 9.90 Å². The maximum Gasteiger partial charge on any atom is 0.303 e. The van der Waals surface area contributed by atoms with Crippen molar-refractivity contribution in [1.82, 2.24) is 14.4 Å². The molecule has 0 amide bonds. The van der Waals surface area contributed by atoms with Crippen molar-refractivity contribution in [2.24, 2.45) is 0 Å². The van der Waals surface area contributed by atoms with E-state index in [9.17, 15) is 4.79 Å². The molecule has 80 valence electrons. The molecule has 0 atom stereocenters. The van der Waals surface area contributed by atoms with E-state index in [0.717, 1.165) is 22.9 Å². The zero-order chi connectivity index (χ0) is 11.0. The van der Waals surface area contributed by atoms with Crippen molar-refractivity contribution in [1.29, 1.82) is 0 Å². The quantitative estimate of drug-likeness (QED) is 0.796. The predicted octanol–water partition coefficient (Wildman–Crippen LogP) is 1.30. The summed E-state index contributed by atoms with van der Waals surface area (Å²) in [7, 11) is 0. The SMILES string of the molecule is Cc1[nH]c2ncc(CCC(=O)O)n2c1C. The van der Waals surface area contributed by atoms with Crippen LogP contribution in [0.25, 0.3) is 5.78 Å². The maximum absolute atomic E-state index is 10.5. The molecule has 0 fully saturated rings. The Labute approximate surface area is 86.8 Å². The third kappa shape index (κ3) is 1.60. The van der Waals surface area contributed by atoms with Gasteiger partial charge in [-0.1, -0.05) is 0 Å². The summed E-state index contributed by atoms with van der Waals surface area (Å²) in [5.74, 6) is 0.000231. The van der Waals surface area contributed by atoms with Crippen LogP contribution < -0.4 is 0 Å². The van der Waals surface area contributed by atoms with Gasteiger partial charge in [-0.25, -0.2) is 4.98 Å². The topological polar surface area (TPSA) is 70.4 Å². The van der Waals surface area contributed by atoms with E-state index in [2.05, 4.69) is 9.97 Å². The molecule has 0 saturated carbocycles. The Morgan fingerprint density at radius 3 is 3.00 bits per heavy atom. The highest BCUT2D eigenvalue weighted by Crippen LogP contribution is 2.14. The highest BCUT2D eigenvalue weighted by atomic mass is 16.4. The van der Waals surface area contributed by atoms with Crippen LogP contribution in [0.4, 0.5) is 0 Å². The first-order chi connectivity index (χ1) is 7.09. The lowest BCUT2D eigenvalue weighted by molar-refractivity contribution is -0.136. The molecule has 0 aliphatic heterocycles. The number of hydrogen-bond acceptors (Lipinski definition) is 2. The lowest BCUT2D eigenvalue weighted by Crippen LogP contribution is -2.00. The molecule has 2 rings (SSSR count). The number of rotatable bonds is 3. The van der Waals surface area contributed by atoms with Crippen molar-refractivity contribution in [3.8, 4) is 0 Å². The Morgan fingerprint density at radius 2 is 2.33 bits per heavy atom. The lowest BCUT2D eigenvalue weighted by atomic mass is 10.2. The first-order valence-corrected chi connectivity index (χ1v) is 4.83. The zero-order valence-electron chi connectivity index (χ0n) is 8.74. The van der Waals surface area contributed by atoms with Gasteiger partial charge >= 0.3 is 5.97 Å². The molecule has 0 aliphatic rings. The third-order valence-electron chi connectivity index (χ3n) is 2.61. The molecule has 15 heavy (non-hydrogen) atoms. The number of aryl methyl sites for hydroxylation is 3.